The van der Waals surface area contributed by atoms with Gasteiger partial charge in [-0.1, -0.05) is 84.9 Å². The van der Waals surface area contributed by atoms with Gasteiger partial charge in [0.2, 0.25) is 0 Å². The molecule has 4 nitrogen and oxygen atoms in total. The summed E-state index contributed by atoms with van der Waals surface area (Å²) < 4.78 is 5.30. The molecule has 0 aliphatic heterocycles. The van der Waals surface area contributed by atoms with Gasteiger partial charge in [-0.2, -0.15) is 0 Å². The van der Waals surface area contributed by atoms with E-state index in [1.54, 1.807) is 0 Å². The minimum absolute atomic E-state index is 0.134. The lowest BCUT2D eigenvalue weighted by Gasteiger charge is -2.20. The predicted octanol–water partition coefficient (Wildman–Crippen LogP) is 4.90. The van der Waals surface area contributed by atoms with Crippen LogP contribution in [0.1, 0.15) is 41.5 Å². The second-order valence-corrected chi connectivity index (χ2v) is 8.50. The molecule has 2 N–H and O–H groups in total. The molecule has 2 atom stereocenters. The van der Waals surface area contributed by atoms with E-state index >= 15 is 0 Å². The van der Waals surface area contributed by atoms with Crippen LogP contribution in [0.4, 0.5) is 0 Å². The van der Waals surface area contributed by atoms with Gasteiger partial charge < -0.3 is 14.9 Å². The van der Waals surface area contributed by atoms with E-state index in [1.165, 1.54) is 11.1 Å². The summed E-state index contributed by atoms with van der Waals surface area (Å²) in [5, 5.41) is 20.2. The Bertz CT molecular complexity index is 956. The molecule has 0 radical (unpaired) electrons. The maximum absolute atomic E-state index is 12.4. The van der Waals surface area contributed by atoms with Crippen LogP contribution in [-0.4, -0.2) is 28.9 Å². The zero-order chi connectivity index (χ0) is 23.3. The van der Waals surface area contributed by atoms with E-state index in [0.29, 0.717) is 12.8 Å². The van der Waals surface area contributed by atoms with Crippen molar-refractivity contribution in [2.24, 2.45) is 5.92 Å². The van der Waals surface area contributed by atoms with Crippen molar-refractivity contribution in [3.63, 3.8) is 0 Å². The first-order valence-corrected chi connectivity index (χ1v) is 11.8. The Morgan fingerprint density at radius 3 is 1.91 bits per heavy atom. The number of hydrogen-bond donors (Lipinski definition) is 2. The highest BCUT2D eigenvalue weighted by Crippen LogP contribution is 2.17. The zero-order valence-electron chi connectivity index (χ0n) is 19.1. The van der Waals surface area contributed by atoms with Crippen LogP contribution < -0.4 is 0 Å². The van der Waals surface area contributed by atoms with E-state index < -0.39 is 24.6 Å². The van der Waals surface area contributed by atoms with Crippen LogP contribution >= 0.6 is 0 Å². The van der Waals surface area contributed by atoms with Crippen LogP contribution in [0.25, 0.3) is 0 Å². The fourth-order valence-corrected chi connectivity index (χ4v) is 3.95. The second-order valence-electron chi connectivity index (χ2n) is 8.50. The summed E-state index contributed by atoms with van der Waals surface area (Å²) in [6, 6.07) is 28.3. The molecule has 0 aliphatic rings. The molecule has 33 heavy (non-hydrogen) atoms. The predicted molar refractivity (Wildman–Crippen MR) is 131 cm³/mol. The lowest BCUT2D eigenvalue weighted by molar-refractivity contribution is -0.156. The summed E-state index contributed by atoms with van der Waals surface area (Å²) in [5.41, 5.74) is 4.67. The van der Waals surface area contributed by atoms with Crippen molar-refractivity contribution in [3.05, 3.63) is 107 Å². The second kappa shape index (κ2) is 13.6. The van der Waals surface area contributed by atoms with Crippen LogP contribution in [0.3, 0.4) is 0 Å². The van der Waals surface area contributed by atoms with E-state index in [-0.39, 0.29) is 6.61 Å². The smallest absolute Gasteiger partial charge is 0.314 e. The van der Waals surface area contributed by atoms with Crippen molar-refractivity contribution in [1.29, 1.82) is 0 Å². The van der Waals surface area contributed by atoms with Crippen LogP contribution in [-0.2, 0) is 35.4 Å². The molecule has 0 bridgehead atoms. The molecule has 174 valence electrons. The summed E-state index contributed by atoms with van der Waals surface area (Å²) in [4.78, 5) is 12.4. The highest BCUT2D eigenvalue weighted by atomic mass is 16.5. The lowest BCUT2D eigenvalue weighted by atomic mass is 9.95. The average molecular weight is 447 g/mol. The molecule has 0 saturated heterocycles. The largest absolute Gasteiger partial charge is 0.460 e. The minimum atomic E-state index is -0.951. The monoisotopic (exact) mass is 446 g/mol. The van der Waals surface area contributed by atoms with E-state index in [9.17, 15) is 15.0 Å². The van der Waals surface area contributed by atoms with Gasteiger partial charge in [-0.3, -0.25) is 4.79 Å². The number of carbonyl (C=O) groups excluding carboxylic acids is 1. The minimum Gasteiger partial charge on any atom is -0.460 e. The first kappa shape index (κ1) is 24.7. The molecular weight excluding hydrogens is 412 g/mol. The number of hydrogen-bond acceptors (Lipinski definition) is 4. The van der Waals surface area contributed by atoms with Crippen LogP contribution in [0.2, 0.25) is 0 Å². The van der Waals surface area contributed by atoms with Gasteiger partial charge in [0.15, 0.2) is 0 Å². The number of esters is 1. The highest BCUT2D eigenvalue weighted by molar-refractivity contribution is 5.73. The molecule has 0 aliphatic carbocycles. The first-order valence-electron chi connectivity index (χ1n) is 11.8. The van der Waals surface area contributed by atoms with Crippen LogP contribution in [0.5, 0.6) is 0 Å². The topological polar surface area (TPSA) is 66.8 Å². The number of aliphatic hydroxyl groups excluding tert-OH is 2. The SMILES string of the molecule is O=C(OCc1ccccc1)C(CO)C(O)CCc1cccc(CCCCc2ccccc2)c1. The van der Waals surface area contributed by atoms with Crippen molar-refractivity contribution in [1.82, 2.24) is 0 Å². The van der Waals surface area contributed by atoms with Gasteiger partial charge in [-0.15, -0.1) is 0 Å². The van der Waals surface area contributed by atoms with E-state index in [1.807, 2.05) is 48.5 Å². The molecule has 0 saturated carbocycles. The number of aliphatic hydroxyl groups is 2. The number of unbranched alkanes of at least 4 members (excludes halogenated alkanes) is 1. The maximum atomic E-state index is 12.4. The van der Waals surface area contributed by atoms with Crippen molar-refractivity contribution in [3.8, 4) is 0 Å². The third kappa shape index (κ3) is 8.49. The van der Waals surface area contributed by atoms with Crippen molar-refractivity contribution in [2.75, 3.05) is 6.61 Å². The third-order valence-electron chi connectivity index (χ3n) is 5.93. The molecule has 2 unspecified atom stereocenters. The first-order chi connectivity index (χ1) is 16.2. The molecule has 0 aromatic heterocycles. The Balaban J connectivity index is 1.42. The van der Waals surface area contributed by atoms with Gasteiger partial charge in [-0.05, 0) is 60.8 Å². The Hall–Kier alpha value is -2.95. The van der Waals surface area contributed by atoms with Gasteiger partial charge >= 0.3 is 5.97 Å². The molecule has 0 amide bonds. The number of ether oxygens (including phenoxy) is 1. The normalized spacial score (nSPS) is 12.8. The van der Waals surface area contributed by atoms with Crippen molar-refractivity contribution in [2.45, 2.75) is 51.2 Å². The summed E-state index contributed by atoms with van der Waals surface area (Å²) in [6.07, 6.45) is 4.47. The Morgan fingerprint density at radius 1 is 0.727 bits per heavy atom. The van der Waals surface area contributed by atoms with E-state index in [0.717, 1.165) is 36.8 Å². The lowest BCUT2D eigenvalue weighted by Crippen LogP contribution is -2.33. The molecule has 0 fully saturated rings. The van der Waals surface area contributed by atoms with E-state index in [4.69, 9.17) is 4.74 Å². The van der Waals surface area contributed by atoms with Crippen LogP contribution in [0.15, 0.2) is 84.9 Å². The van der Waals surface area contributed by atoms with Gasteiger partial charge in [0.25, 0.3) is 0 Å². The van der Waals surface area contributed by atoms with Gasteiger partial charge in [0, 0.05) is 0 Å². The molecule has 3 aromatic rings. The Kier molecular flexibility index (Phi) is 10.1. The van der Waals surface area contributed by atoms with Gasteiger partial charge in [-0.25, -0.2) is 0 Å². The van der Waals surface area contributed by atoms with Crippen molar-refractivity contribution < 1.29 is 19.7 Å². The fourth-order valence-electron chi connectivity index (χ4n) is 3.95. The van der Waals surface area contributed by atoms with Crippen molar-refractivity contribution >= 4 is 5.97 Å². The maximum Gasteiger partial charge on any atom is 0.314 e. The number of benzene rings is 3. The Labute approximate surface area is 196 Å². The molecule has 0 spiro atoms. The average Bonchev–Trinajstić information content (AvgIpc) is 2.86. The molecule has 4 heteroatoms. The van der Waals surface area contributed by atoms with E-state index in [2.05, 4.69) is 36.4 Å². The molecule has 0 heterocycles. The third-order valence-corrected chi connectivity index (χ3v) is 5.93. The summed E-state index contributed by atoms with van der Waals surface area (Å²) >= 11 is 0. The summed E-state index contributed by atoms with van der Waals surface area (Å²) in [5.74, 6) is -1.50. The summed E-state index contributed by atoms with van der Waals surface area (Å²) in [7, 11) is 0. The van der Waals surface area contributed by atoms with Crippen LogP contribution in [0, 0.1) is 5.92 Å². The molecule has 3 aromatic carbocycles. The van der Waals surface area contributed by atoms with Gasteiger partial charge in [0.1, 0.15) is 12.5 Å². The number of carbonyl (C=O) groups is 1. The highest BCUT2D eigenvalue weighted by Gasteiger charge is 2.27. The fraction of sp³-hybridized carbons (Fsp3) is 0.345. The van der Waals surface area contributed by atoms with Gasteiger partial charge in [0.05, 0.1) is 12.7 Å². The molecular formula is C29H34O4. The standard InChI is InChI=1S/C29H34O4/c30-21-27(29(32)33-22-26-14-5-2-6-15-26)28(31)19-18-25-17-9-16-24(20-25)13-8-7-12-23-10-3-1-4-11-23/h1-6,9-11,14-17,20,27-28,30-31H,7-8,12-13,18-19,21-22H2. The molecule has 3 rings (SSSR count). The summed E-state index contributed by atoms with van der Waals surface area (Å²) in [6.45, 7) is -0.300. The number of aryl methyl sites for hydroxylation is 3. The number of rotatable bonds is 13. The Morgan fingerprint density at radius 2 is 1.27 bits per heavy atom. The quantitative estimate of drug-likeness (QED) is 0.290. The zero-order valence-corrected chi connectivity index (χ0v) is 19.1.